The first-order chi connectivity index (χ1) is 11.8. The fraction of sp³-hybridized carbons (Fsp3) is 0.706. The summed E-state index contributed by atoms with van der Waals surface area (Å²) in [5, 5.41) is 3.48. The van der Waals surface area contributed by atoms with E-state index in [1.165, 1.54) is 19.3 Å². The predicted octanol–water partition coefficient (Wildman–Crippen LogP) is -0.0469. The van der Waals surface area contributed by atoms with Crippen LogP contribution in [0.4, 0.5) is 5.82 Å². The van der Waals surface area contributed by atoms with E-state index in [9.17, 15) is 4.79 Å². The maximum atomic E-state index is 12.8. The van der Waals surface area contributed by atoms with Crippen molar-refractivity contribution in [2.75, 3.05) is 57.3 Å². The van der Waals surface area contributed by atoms with Crippen molar-refractivity contribution >= 4 is 11.7 Å². The van der Waals surface area contributed by atoms with Crippen molar-refractivity contribution in [2.24, 2.45) is 0 Å². The third-order valence-electron chi connectivity index (χ3n) is 5.79. The molecule has 24 heavy (non-hydrogen) atoms. The third kappa shape index (κ3) is 2.98. The van der Waals surface area contributed by atoms with E-state index >= 15 is 0 Å². The van der Waals surface area contributed by atoms with E-state index in [2.05, 4.69) is 25.1 Å². The van der Waals surface area contributed by atoms with Crippen LogP contribution in [0.3, 0.4) is 0 Å². The highest BCUT2D eigenvalue weighted by Gasteiger charge is 2.43. The molecule has 3 aliphatic heterocycles. The third-order valence-corrected chi connectivity index (χ3v) is 5.79. The highest BCUT2D eigenvalue weighted by Crippen LogP contribution is 2.34. The molecule has 0 saturated carbocycles. The molecule has 0 bridgehead atoms. The summed E-state index contributed by atoms with van der Waals surface area (Å²) in [7, 11) is 0. The first kappa shape index (κ1) is 15.8. The van der Waals surface area contributed by atoms with Crippen molar-refractivity contribution in [1.82, 2.24) is 25.1 Å². The molecule has 130 valence electrons. The molecule has 4 heterocycles. The van der Waals surface area contributed by atoms with Gasteiger partial charge in [0.2, 0.25) is 5.91 Å². The van der Waals surface area contributed by atoms with Gasteiger partial charge in [0.05, 0.1) is 12.7 Å². The van der Waals surface area contributed by atoms with Gasteiger partial charge in [-0.25, -0.2) is 4.98 Å². The van der Waals surface area contributed by atoms with Gasteiger partial charge in [0.1, 0.15) is 5.82 Å². The van der Waals surface area contributed by atoms with Crippen LogP contribution >= 0.6 is 0 Å². The van der Waals surface area contributed by atoms with Crippen molar-refractivity contribution in [3.63, 3.8) is 0 Å². The summed E-state index contributed by atoms with van der Waals surface area (Å²) >= 11 is 0. The second-order valence-corrected chi connectivity index (χ2v) is 7.11. The molecule has 4 rings (SSSR count). The van der Waals surface area contributed by atoms with Gasteiger partial charge in [-0.15, -0.1) is 0 Å². The number of aromatic nitrogens is 2. The smallest absolute Gasteiger partial charge is 0.236 e. The summed E-state index contributed by atoms with van der Waals surface area (Å²) in [4.78, 5) is 27.9. The molecular weight excluding hydrogens is 304 g/mol. The lowest BCUT2D eigenvalue weighted by atomic mass is 9.95. The molecule has 1 N–H and O–H groups in total. The monoisotopic (exact) mass is 330 g/mol. The van der Waals surface area contributed by atoms with Gasteiger partial charge in [-0.3, -0.25) is 14.7 Å². The summed E-state index contributed by atoms with van der Waals surface area (Å²) in [5.74, 6) is 1.18. The van der Waals surface area contributed by atoms with Crippen LogP contribution in [0.1, 0.15) is 19.3 Å². The van der Waals surface area contributed by atoms with Gasteiger partial charge in [-0.2, -0.15) is 0 Å². The molecule has 1 aromatic rings. The van der Waals surface area contributed by atoms with Crippen molar-refractivity contribution in [2.45, 2.75) is 24.8 Å². The number of anilines is 1. The maximum Gasteiger partial charge on any atom is 0.236 e. The van der Waals surface area contributed by atoms with Crippen LogP contribution in [0.5, 0.6) is 0 Å². The topological polar surface area (TPSA) is 64.6 Å². The van der Waals surface area contributed by atoms with E-state index in [4.69, 9.17) is 0 Å². The summed E-state index contributed by atoms with van der Waals surface area (Å²) in [6.07, 6.45) is 8.82. The lowest BCUT2D eigenvalue weighted by molar-refractivity contribution is -0.133. The Hall–Kier alpha value is -1.73. The highest BCUT2D eigenvalue weighted by atomic mass is 16.2. The Labute approximate surface area is 143 Å². The Morgan fingerprint density at radius 2 is 2.04 bits per heavy atom. The largest absolute Gasteiger partial charge is 0.352 e. The van der Waals surface area contributed by atoms with Gasteiger partial charge in [-0.05, 0) is 32.4 Å². The minimum Gasteiger partial charge on any atom is -0.352 e. The van der Waals surface area contributed by atoms with Crippen LogP contribution < -0.4 is 10.2 Å². The minimum absolute atomic E-state index is 0.247. The molecule has 7 nitrogen and oxygen atoms in total. The summed E-state index contributed by atoms with van der Waals surface area (Å²) in [6.45, 7) is 6.97. The van der Waals surface area contributed by atoms with Gasteiger partial charge in [0.25, 0.3) is 0 Å². The lowest BCUT2D eigenvalue weighted by Gasteiger charge is -2.38. The Balaban J connectivity index is 1.32. The van der Waals surface area contributed by atoms with E-state index in [1.807, 2.05) is 4.90 Å². The molecule has 3 saturated heterocycles. The molecule has 1 spiro atoms. The van der Waals surface area contributed by atoms with Gasteiger partial charge in [0, 0.05) is 50.7 Å². The number of piperazine rings is 1. The maximum absolute atomic E-state index is 12.8. The van der Waals surface area contributed by atoms with Gasteiger partial charge < -0.3 is 15.1 Å². The average molecular weight is 330 g/mol. The number of amides is 1. The van der Waals surface area contributed by atoms with Gasteiger partial charge >= 0.3 is 0 Å². The fourth-order valence-corrected chi connectivity index (χ4v) is 4.36. The highest BCUT2D eigenvalue weighted by molar-refractivity contribution is 5.78. The first-order valence-electron chi connectivity index (χ1n) is 9.01. The standard InChI is InChI=1S/C17H26N6O/c24-16(13-23-7-1-2-17(23)3-4-19-14-17)22-10-8-21(9-11-22)15-12-18-5-6-20-15/h5-6,12,19H,1-4,7-11,13-14H2. The number of rotatable bonds is 3. The van der Waals surface area contributed by atoms with Crippen molar-refractivity contribution in [3.05, 3.63) is 18.6 Å². The molecule has 3 aliphatic rings. The first-order valence-corrected chi connectivity index (χ1v) is 9.01. The molecule has 3 fully saturated rings. The Bertz CT molecular complexity index is 560. The number of nitrogens with zero attached hydrogens (tertiary/aromatic N) is 5. The predicted molar refractivity (Wildman–Crippen MR) is 91.8 cm³/mol. The van der Waals surface area contributed by atoms with Crippen LogP contribution in [-0.4, -0.2) is 83.6 Å². The van der Waals surface area contributed by atoms with Gasteiger partial charge in [-0.1, -0.05) is 0 Å². The van der Waals surface area contributed by atoms with Crippen LogP contribution in [0, 0.1) is 0 Å². The second-order valence-electron chi connectivity index (χ2n) is 7.11. The van der Waals surface area contributed by atoms with E-state index in [0.717, 1.165) is 51.6 Å². The Kier molecular flexibility index (Phi) is 4.37. The molecule has 1 atom stereocenters. The quantitative estimate of drug-likeness (QED) is 0.839. The zero-order valence-electron chi connectivity index (χ0n) is 14.2. The molecule has 1 unspecified atom stereocenters. The number of carbonyl (C=O) groups is 1. The molecular formula is C17H26N6O. The molecule has 0 aliphatic carbocycles. The zero-order chi connectivity index (χ0) is 16.4. The molecule has 1 aromatic heterocycles. The van der Waals surface area contributed by atoms with Gasteiger partial charge in [0.15, 0.2) is 0 Å². The van der Waals surface area contributed by atoms with E-state index in [-0.39, 0.29) is 11.4 Å². The number of hydrogen-bond donors (Lipinski definition) is 1. The Morgan fingerprint density at radius 1 is 1.17 bits per heavy atom. The molecule has 1 amide bonds. The Morgan fingerprint density at radius 3 is 2.75 bits per heavy atom. The van der Waals surface area contributed by atoms with Crippen LogP contribution in [0.15, 0.2) is 18.6 Å². The van der Waals surface area contributed by atoms with Crippen LogP contribution in [0.2, 0.25) is 0 Å². The van der Waals surface area contributed by atoms with E-state index < -0.39 is 0 Å². The molecule has 0 aromatic carbocycles. The van der Waals surface area contributed by atoms with E-state index in [0.29, 0.717) is 6.54 Å². The van der Waals surface area contributed by atoms with Crippen LogP contribution in [-0.2, 0) is 4.79 Å². The van der Waals surface area contributed by atoms with Crippen LogP contribution in [0.25, 0.3) is 0 Å². The minimum atomic E-state index is 0.247. The average Bonchev–Trinajstić information content (AvgIpc) is 3.27. The second kappa shape index (κ2) is 6.64. The number of likely N-dealkylation sites (tertiary alicyclic amines) is 1. The normalized spacial score (nSPS) is 28.0. The van der Waals surface area contributed by atoms with Crippen molar-refractivity contribution in [3.8, 4) is 0 Å². The number of nitrogens with one attached hydrogen (secondary N) is 1. The summed E-state index contributed by atoms with van der Waals surface area (Å²) in [5.41, 5.74) is 0.247. The molecule has 0 radical (unpaired) electrons. The fourth-order valence-electron chi connectivity index (χ4n) is 4.36. The number of carbonyl (C=O) groups excluding carboxylic acids is 1. The van der Waals surface area contributed by atoms with Crippen molar-refractivity contribution in [1.29, 1.82) is 0 Å². The lowest BCUT2D eigenvalue weighted by Crippen LogP contribution is -2.54. The SMILES string of the molecule is O=C(CN1CCCC12CCNC2)N1CCN(c2cnccn2)CC1. The van der Waals surface area contributed by atoms with E-state index in [1.54, 1.807) is 18.6 Å². The van der Waals surface area contributed by atoms with Crippen molar-refractivity contribution < 1.29 is 4.79 Å². The summed E-state index contributed by atoms with van der Waals surface area (Å²) < 4.78 is 0. The molecule has 7 heteroatoms. The number of hydrogen-bond acceptors (Lipinski definition) is 6. The zero-order valence-corrected chi connectivity index (χ0v) is 14.2. The summed E-state index contributed by atoms with van der Waals surface area (Å²) in [6, 6.07) is 0.